The van der Waals surface area contributed by atoms with E-state index in [4.69, 9.17) is 0 Å². The Morgan fingerprint density at radius 3 is 2.50 bits per heavy atom. The molecule has 1 aromatic heterocycles. The molecule has 2 heterocycles. The third-order valence-corrected chi connectivity index (χ3v) is 3.45. The van der Waals surface area contributed by atoms with Gasteiger partial charge in [-0.1, -0.05) is 0 Å². The predicted molar refractivity (Wildman–Crippen MR) is 65.5 cm³/mol. The van der Waals surface area contributed by atoms with Gasteiger partial charge in [-0.15, -0.1) is 0 Å². The fourth-order valence-corrected chi connectivity index (χ4v) is 2.39. The minimum absolute atomic E-state index is 0.613. The third kappa shape index (κ3) is 2.59. The topological polar surface area (TPSA) is 29.0 Å². The highest BCUT2D eigenvalue weighted by molar-refractivity contribution is 5.08. The number of likely N-dealkylation sites (tertiary alicyclic amines) is 1. The molecule has 2 rings (SSSR count). The fourth-order valence-electron chi connectivity index (χ4n) is 2.39. The molecule has 16 heavy (non-hydrogen) atoms. The molecule has 3 nitrogen and oxygen atoms in total. The summed E-state index contributed by atoms with van der Waals surface area (Å²) < 4.78 is 0. The highest BCUT2D eigenvalue weighted by Gasteiger charge is 2.22. The SMILES string of the molecule is Cc1cncc(C2CCN(C(C)C)CC2)n1. The van der Waals surface area contributed by atoms with Gasteiger partial charge in [0.25, 0.3) is 0 Å². The largest absolute Gasteiger partial charge is 0.301 e. The zero-order valence-corrected chi connectivity index (χ0v) is 10.5. The first kappa shape index (κ1) is 11.5. The average molecular weight is 219 g/mol. The van der Waals surface area contributed by atoms with Crippen molar-refractivity contribution < 1.29 is 0 Å². The minimum atomic E-state index is 0.613. The van der Waals surface area contributed by atoms with Crippen LogP contribution in [0, 0.1) is 6.92 Å². The van der Waals surface area contributed by atoms with Crippen LogP contribution in [-0.4, -0.2) is 34.0 Å². The van der Waals surface area contributed by atoms with Crippen LogP contribution in [0.5, 0.6) is 0 Å². The number of aryl methyl sites for hydroxylation is 1. The van der Waals surface area contributed by atoms with Crippen molar-refractivity contribution >= 4 is 0 Å². The summed E-state index contributed by atoms with van der Waals surface area (Å²) in [5.74, 6) is 0.613. The standard InChI is InChI=1S/C13H21N3/c1-10(2)16-6-4-12(5-7-16)13-9-14-8-11(3)15-13/h8-10,12H,4-7H2,1-3H3. The average Bonchev–Trinajstić information content (AvgIpc) is 2.29. The van der Waals surface area contributed by atoms with Crippen molar-refractivity contribution in [1.82, 2.24) is 14.9 Å². The normalized spacial score (nSPS) is 19.2. The second-order valence-electron chi connectivity index (χ2n) is 4.99. The molecule has 1 fully saturated rings. The second kappa shape index (κ2) is 4.91. The van der Waals surface area contributed by atoms with Crippen molar-refractivity contribution in [2.75, 3.05) is 13.1 Å². The maximum atomic E-state index is 4.59. The smallest absolute Gasteiger partial charge is 0.0621 e. The van der Waals surface area contributed by atoms with E-state index in [1.807, 2.05) is 19.3 Å². The van der Waals surface area contributed by atoms with Gasteiger partial charge in [-0.05, 0) is 46.7 Å². The van der Waals surface area contributed by atoms with Crippen LogP contribution < -0.4 is 0 Å². The predicted octanol–water partition coefficient (Wildman–Crippen LogP) is 2.37. The molecule has 3 heteroatoms. The van der Waals surface area contributed by atoms with Crippen LogP contribution in [0.3, 0.4) is 0 Å². The first-order valence-electron chi connectivity index (χ1n) is 6.19. The van der Waals surface area contributed by atoms with E-state index >= 15 is 0 Å². The zero-order valence-electron chi connectivity index (χ0n) is 10.5. The van der Waals surface area contributed by atoms with Gasteiger partial charge in [-0.2, -0.15) is 0 Å². The molecule has 0 amide bonds. The number of piperidine rings is 1. The molecule has 1 aliphatic rings. The van der Waals surface area contributed by atoms with E-state index in [0.29, 0.717) is 12.0 Å². The molecule has 0 radical (unpaired) electrons. The Morgan fingerprint density at radius 2 is 1.94 bits per heavy atom. The number of hydrogen-bond donors (Lipinski definition) is 0. The number of rotatable bonds is 2. The van der Waals surface area contributed by atoms with Crippen molar-refractivity contribution in [3.05, 3.63) is 23.8 Å². The summed E-state index contributed by atoms with van der Waals surface area (Å²) >= 11 is 0. The van der Waals surface area contributed by atoms with Crippen molar-refractivity contribution in [3.8, 4) is 0 Å². The molecule has 0 N–H and O–H groups in total. The monoisotopic (exact) mass is 219 g/mol. The third-order valence-electron chi connectivity index (χ3n) is 3.45. The lowest BCUT2D eigenvalue weighted by atomic mass is 9.93. The summed E-state index contributed by atoms with van der Waals surface area (Å²) in [5, 5.41) is 0. The van der Waals surface area contributed by atoms with E-state index in [-0.39, 0.29) is 0 Å². The Morgan fingerprint density at radius 1 is 1.25 bits per heavy atom. The van der Waals surface area contributed by atoms with Crippen molar-refractivity contribution in [2.24, 2.45) is 0 Å². The number of aromatic nitrogens is 2. The summed E-state index contributed by atoms with van der Waals surface area (Å²) in [7, 11) is 0. The van der Waals surface area contributed by atoms with Crippen LogP contribution in [-0.2, 0) is 0 Å². The Balaban J connectivity index is 1.99. The van der Waals surface area contributed by atoms with Crippen LogP contribution in [0.2, 0.25) is 0 Å². The second-order valence-corrected chi connectivity index (χ2v) is 4.99. The summed E-state index contributed by atoms with van der Waals surface area (Å²) in [6.07, 6.45) is 6.20. The van der Waals surface area contributed by atoms with Gasteiger partial charge in [0.15, 0.2) is 0 Å². The molecule has 0 atom stereocenters. The Hall–Kier alpha value is -0.960. The minimum Gasteiger partial charge on any atom is -0.301 e. The summed E-state index contributed by atoms with van der Waals surface area (Å²) in [5.41, 5.74) is 2.21. The molecule has 88 valence electrons. The van der Waals surface area contributed by atoms with Gasteiger partial charge in [-0.3, -0.25) is 9.97 Å². The molecule has 0 aliphatic carbocycles. The van der Waals surface area contributed by atoms with Gasteiger partial charge in [0.05, 0.1) is 11.4 Å². The number of hydrogen-bond acceptors (Lipinski definition) is 3. The van der Waals surface area contributed by atoms with Crippen LogP contribution >= 0.6 is 0 Å². The first-order valence-corrected chi connectivity index (χ1v) is 6.19. The summed E-state index contributed by atoms with van der Waals surface area (Å²) in [6.45, 7) is 8.94. The quantitative estimate of drug-likeness (QED) is 0.764. The van der Waals surface area contributed by atoms with Gasteiger partial charge in [0.2, 0.25) is 0 Å². The van der Waals surface area contributed by atoms with Gasteiger partial charge in [0, 0.05) is 24.4 Å². The molecular weight excluding hydrogens is 198 g/mol. The molecular formula is C13H21N3. The van der Waals surface area contributed by atoms with Crippen LogP contribution in [0.25, 0.3) is 0 Å². The van der Waals surface area contributed by atoms with Gasteiger partial charge >= 0.3 is 0 Å². The Bertz CT molecular complexity index is 341. The Kier molecular flexibility index (Phi) is 3.54. The molecule has 1 aliphatic heterocycles. The van der Waals surface area contributed by atoms with E-state index in [9.17, 15) is 0 Å². The van der Waals surface area contributed by atoms with Crippen LogP contribution in [0.15, 0.2) is 12.4 Å². The molecule has 0 spiro atoms. The van der Waals surface area contributed by atoms with Crippen molar-refractivity contribution in [3.63, 3.8) is 0 Å². The number of nitrogens with zero attached hydrogens (tertiary/aromatic N) is 3. The maximum Gasteiger partial charge on any atom is 0.0621 e. The molecule has 0 bridgehead atoms. The van der Waals surface area contributed by atoms with E-state index in [1.54, 1.807) is 0 Å². The lowest BCUT2D eigenvalue weighted by Crippen LogP contribution is -2.38. The molecule has 1 saturated heterocycles. The molecule has 0 aromatic carbocycles. The molecule has 0 unspecified atom stereocenters. The highest BCUT2D eigenvalue weighted by Crippen LogP contribution is 2.26. The first-order chi connectivity index (χ1) is 7.66. The lowest BCUT2D eigenvalue weighted by Gasteiger charge is -2.34. The van der Waals surface area contributed by atoms with Gasteiger partial charge in [0.1, 0.15) is 0 Å². The fraction of sp³-hybridized carbons (Fsp3) is 0.692. The van der Waals surface area contributed by atoms with Gasteiger partial charge in [-0.25, -0.2) is 0 Å². The van der Waals surface area contributed by atoms with Crippen molar-refractivity contribution in [1.29, 1.82) is 0 Å². The van der Waals surface area contributed by atoms with Gasteiger partial charge < -0.3 is 4.90 Å². The Labute approximate surface area is 97.9 Å². The van der Waals surface area contributed by atoms with E-state index in [0.717, 1.165) is 5.69 Å². The van der Waals surface area contributed by atoms with E-state index in [1.165, 1.54) is 31.6 Å². The maximum absolute atomic E-state index is 4.59. The van der Waals surface area contributed by atoms with E-state index in [2.05, 4.69) is 28.7 Å². The molecule has 0 saturated carbocycles. The van der Waals surface area contributed by atoms with Crippen LogP contribution in [0.1, 0.15) is 44.0 Å². The van der Waals surface area contributed by atoms with Crippen LogP contribution in [0.4, 0.5) is 0 Å². The summed E-state index contributed by atoms with van der Waals surface area (Å²) in [6, 6.07) is 0.671. The van der Waals surface area contributed by atoms with Crippen molar-refractivity contribution in [2.45, 2.75) is 45.6 Å². The lowest BCUT2D eigenvalue weighted by molar-refractivity contribution is 0.170. The molecule has 1 aromatic rings. The highest BCUT2D eigenvalue weighted by atomic mass is 15.1. The zero-order chi connectivity index (χ0) is 11.5. The van der Waals surface area contributed by atoms with E-state index < -0.39 is 0 Å². The summed E-state index contributed by atoms with van der Waals surface area (Å²) in [4.78, 5) is 11.4.